The molecule has 0 bridgehead atoms. The molecule has 1 heterocycles. The number of nitrogens with zero attached hydrogens (tertiary/aromatic N) is 1. The van der Waals surface area contributed by atoms with E-state index < -0.39 is 0 Å². The number of hydrazine groups is 1. The Morgan fingerprint density at radius 3 is 2.52 bits per heavy atom. The summed E-state index contributed by atoms with van der Waals surface area (Å²) in [4.78, 5) is 16.6. The molecule has 0 atom stereocenters. The van der Waals surface area contributed by atoms with Crippen LogP contribution in [0.1, 0.15) is 63.5 Å². The number of aromatic nitrogens is 1. The first-order valence-electron chi connectivity index (χ1n) is 7.51. The largest absolute Gasteiger partial charge is 0.352 e. The number of nitrogens with one attached hydrogen (secondary N) is 2. The monoisotopic (exact) mass is 292 g/mol. The third-order valence-corrected chi connectivity index (χ3v) is 3.25. The van der Waals surface area contributed by atoms with Crippen LogP contribution in [0.3, 0.4) is 0 Å². The van der Waals surface area contributed by atoms with E-state index in [0.717, 1.165) is 18.5 Å². The maximum atomic E-state index is 12.2. The molecule has 5 heteroatoms. The van der Waals surface area contributed by atoms with Gasteiger partial charge in [-0.05, 0) is 30.9 Å². The minimum Gasteiger partial charge on any atom is -0.352 e. The zero-order valence-corrected chi connectivity index (χ0v) is 13.8. The molecule has 1 amide bonds. The molecule has 0 aliphatic heterocycles. The maximum Gasteiger partial charge on any atom is 0.251 e. The van der Waals surface area contributed by atoms with Crippen LogP contribution in [0, 0.1) is 5.92 Å². The fourth-order valence-corrected chi connectivity index (χ4v) is 1.93. The molecule has 0 radical (unpaired) electrons. The van der Waals surface area contributed by atoms with Crippen molar-refractivity contribution >= 4 is 11.7 Å². The third-order valence-electron chi connectivity index (χ3n) is 3.25. The number of hydrogen-bond donors (Lipinski definition) is 3. The van der Waals surface area contributed by atoms with Gasteiger partial charge in [0, 0.05) is 23.2 Å². The molecule has 21 heavy (non-hydrogen) atoms. The summed E-state index contributed by atoms with van der Waals surface area (Å²) >= 11 is 0. The van der Waals surface area contributed by atoms with Gasteiger partial charge in [-0.3, -0.25) is 4.79 Å². The van der Waals surface area contributed by atoms with Crippen LogP contribution in [0.25, 0.3) is 0 Å². The minimum atomic E-state index is -0.139. The molecule has 4 N–H and O–H groups in total. The van der Waals surface area contributed by atoms with Crippen molar-refractivity contribution in [1.29, 1.82) is 0 Å². The SMILES string of the molecule is CC(C)CCCNC(=O)c1cc(NN)nc(C(C)(C)C)c1. The van der Waals surface area contributed by atoms with Crippen LogP contribution in [0.15, 0.2) is 12.1 Å². The summed E-state index contributed by atoms with van der Waals surface area (Å²) in [6, 6.07) is 3.51. The van der Waals surface area contributed by atoms with Gasteiger partial charge in [-0.25, -0.2) is 10.8 Å². The van der Waals surface area contributed by atoms with E-state index in [0.29, 0.717) is 23.8 Å². The van der Waals surface area contributed by atoms with Gasteiger partial charge in [-0.1, -0.05) is 34.6 Å². The molecule has 0 aliphatic carbocycles. The topological polar surface area (TPSA) is 80.0 Å². The second-order valence-corrected chi connectivity index (χ2v) is 6.81. The molecule has 5 nitrogen and oxygen atoms in total. The molecule has 1 aromatic heterocycles. The molecule has 0 unspecified atom stereocenters. The van der Waals surface area contributed by atoms with Gasteiger partial charge in [-0.2, -0.15) is 0 Å². The van der Waals surface area contributed by atoms with Gasteiger partial charge in [0.05, 0.1) is 0 Å². The lowest BCUT2D eigenvalue weighted by atomic mass is 9.90. The number of hydrogen-bond acceptors (Lipinski definition) is 4. The summed E-state index contributed by atoms with van der Waals surface area (Å²) in [5.74, 6) is 6.53. The molecule has 1 aromatic rings. The molecular weight excluding hydrogens is 264 g/mol. The Hall–Kier alpha value is -1.62. The summed E-state index contributed by atoms with van der Waals surface area (Å²) in [6.07, 6.45) is 2.10. The lowest BCUT2D eigenvalue weighted by Crippen LogP contribution is -2.26. The second-order valence-electron chi connectivity index (χ2n) is 6.81. The predicted octanol–water partition coefficient (Wildman–Crippen LogP) is 2.83. The minimum absolute atomic E-state index is 0.0804. The Morgan fingerprint density at radius 2 is 2.00 bits per heavy atom. The number of nitrogens with two attached hydrogens (primary N) is 1. The van der Waals surface area contributed by atoms with Gasteiger partial charge < -0.3 is 10.7 Å². The van der Waals surface area contributed by atoms with E-state index >= 15 is 0 Å². The summed E-state index contributed by atoms with van der Waals surface area (Å²) < 4.78 is 0. The third kappa shape index (κ3) is 5.71. The number of pyridine rings is 1. The van der Waals surface area contributed by atoms with Gasteiger partial charge in [-0.15, -0.1) is 0 Å². The van der Waals surface area contributed by atoms with Gasteiger partial charge in [0.15, 0.2) is 0 Å². The smallest absolute Gasteiger partial charge is 0.251 e. The predicted molar refractivity (Wildman–Crippen MR) is 87.2 cm³/mol. The second kappa shape index (κ2) is 7.41. The molecule has 1 rings (SSSR count). The van der Waals surface area contributed by atoms with Crippen molar-refractivity contribution in [1.82, 2.24) is 10.3 Å². The number of amides is 1. The highest BCUT2D eigenvalue weighted by Crippen LogP contribution is 2.23. The molecule has 0 saturated carbocycles. The van der Waals surface area contributed by atoms with Crippen LogP contribution in [0.5, 0.6) is 0 Å². The number of carbonyl (C=O) groups excluding carboxylic acids is 1. The van der Waals surface area contributed by atoms with Crippen LogP contribution in [0.4, 0.5) is 5.82 Å². The highest BCUT2D eigenvalue weighted by molar-refractivity contribution is 5.95. The molecule has 0 saturated heterocycles. The summed E-state index contributed by atoms with van der Waals surface area (Å²) in [6.45, 7) is 11.2. The Balaban J connectivity index is 2.79. The molecule has 0 fully saturated rings. The molecule has 0 aromatic carbocycles. The Kier molecular flexibility index (Phi) is 6.15. The molecular formula is C16H28N4O. The van der Waals surface area contributed by atoms with E-state index in [1.165, 1.54) is 0 Å². The first-order chi connectivity index (χ1) is 9.74. The average molecular weight is 292 g/mol. The van der Waals surface area contributed by atoms with E-state index in [4.69, 9.17) is 5.84 Å². The van der Waals surface area contributed by atoms with Crippen LogP contribution in [0.2, 0.25) is 0 Å². The number of carbonyl (C=O) groups is 1. The first-order valence-corrected chi connectivity index (χ1v) is 7.51. The van der Waals surface area contributed by atoms with E-state index in [1.54, 1.807) is 6.07 Å². The van der Waals surface area contributed by atoms with E-state index in [9.17, 15) is 4.79 Å². The molecule has 118 valence electrons. The van der Waals surface area contributed by atoms with Crippen LogP contribution in [-0.2, 0) is 5.41 Å². The van der Waals surface area contributed by atoms with E-state index in [2.05, 4.69) is 50.3 Å². The lowest BCUT2D eigenvalue weighted by molar-refractivity contribution is 0.0952. The van der Waals surface area contributed by atoms with Crippen LogP contribution >= 0.6 is 0 Å². The van der Waals surface area contributed by atoms with Crippen molar-refractivity contribution in [3.8, 4) is 0 Å². The van der Waals surface area contributed by atoms with Gasteiger partial charge in [0.2, 0.25) is 0 Å². The van der Waals surface area contributed by atoms with Crippen molar-refractivity contribution in [2.75, 3.05) is 12.0 Å². The lowest BCUT2D eigenvalue weighted by Gasteiger charge is -2.19. The number of nitrogen functional groups attached to an aromatic ring is 1. The quantitative estimate of drug-likeness (QED) is 0.428. The van der Waals surface area contributed by atoms with Crippen molar-refractivity contribution in [3.63, 3.8) is 0 Å². The standard InChI is InChI=1S/C16H28N4O/c1-11(2)7-6-8-18-15(21)12-9-13(16(3,4)5)19-14(10-12)20-17/h9-11H,6-8,17H2,1-5H3,(H,18,21)(H,19,20). The fourth-order valence-electron chi connectivity index (χ4n) is 1.93. The maximum absolute atomic E-state index is 12.2. The van der Waals surface area contributed by atoms with Crippen LogP contribution < -0.4 is 16.6 Å². The van der Waals surface area contributed by atoms with E-state index in [-0.39, 0.29) is 11.3 Å². The van der Waals surface area contributed by atoms with Gasteiger partial charge >= 0.3 is 0 Å². The molecule has 0 aliphatic rings. The summed E-state index contributed by atoms with van der Waals surface area (Å²) in [7, 11) is 0. The Morgan fingerprint density at radius 1 is 1.33 bits per heavy atom. The average Bonchev–Trinajstić information content (AvgIpc) is 2.41. The first kappa shape index (κ1) is 17.4. The highest BCUT2D eigenvalue weighted by Gasteiger charge is 2.19. The van der Waals surface area contributed by atoms with Crippen LogP contribution in [-0.4, -0.2) is 17.4 Å². The van der Waals surface area contributed by atoms with E-state index in [1.807, 2.05) is 6.07 Å². The fraction of sp³-hybridized carbons (Fsp3) is 0.625. The van der Waals surface area contributed by atoms with Gasteiger partial charge in [0.25, 0.3) is 5.91 Å². The zero-order valence-electron chi connectivity index (χ0n) is 13.8. The Labute approximate surface area is 127 Å². The number of rotatable bonds is 6. The zero-order chi connectivity index (χ0) is 16.0. The Bertz CT molecular complexity index is 478. The van der Waals surface area contributed by atoms with Gasteiger partial charge in [0.1, 0.15) is 5.82 Å². The van der Waals surface area contributed by atoms with Crippen molar-refractivity contribution in [3.05, 3.63) is 23.4 Å². The summed E-state index contributed by atoms with van der Waals surface area (Å²) in [5.41, 5.74) is 3.81. The number of anilines is 1. The summed E-state index contributed by atoms with van der Waals surface area (Å²) in [5, 5.41) is 2.95. The van der Waals surface area contributed by atoms with Crippen molar-refractivity contribution in [2.24, 2.45) is 11.8 Å². The van der Waals surface area contributed by atoms with Crippen molar-refractivity contribution < 1.29 is 4.79 Å². The van der Waals surface area contributed by atoms with Crippen molar-refractivity contribution in [2.45, 2.75) is 52.9 Å². The highest BCUT2D eigenvalue weighted by atomic mass is 16.1. The molecule has 0 spiro atoms. The normalized spacial score (nSPS) is 11.6.